The number of amides is 1. The summed E-state index contributed by atoms with van der Waals surface area (Å²) in [6.45, 7) is 1.87. The summed E-state index contributed by atoms with van der Waals surface area (Å²) >= 11 is 0. The zero-order valence-corrected chi connectivity index (χ0v) is 13.9. The number of alkyl halides is 3. The highest BCUT2D eigenvalue weighted by Crippen LogP contribution is 2.31. The Bertz CT molecular complexity index is 722. The van der Waals surface area contributed by atoms with Gasteiger partial charge in [-0.15, -0.1) is 0 Å². The molecule has 0 N–H and O–H groups in total. The number of nitrogens with zero attached hydrogens (tertiary/aromatic N) is 3. The van der Waals surface area contributed by atoms with E-state index in [-0.39, 0.29) is 18.5 Å². The van der Waals surface area contributed by atoms with Crippen molar-refractivity contribution in [3.63, 3.8) is 0 Å². The summed E-state index contributed by atoms with van der Waals surface area (Å²) in [7, 11) is 0. The molecule has 5 nitrogen and oxygen atoms in total. The standard InChI is InChI=1S/C17H20F3N3O2/c1-12-10-15(17(18,19)20)21-23(12)11-16(24)22-8-4-2-3-6-13(22)14-7-5-9-25-14/h5,7,9-10,13H,2-4,6,8,11H2,1H3. The van der Waals surface area contributed by atoms with Gasteiger partial charge in [-0.25, -0.2) is 0 Å². The zero-order chi connectivity index (χ0) is 18.0. The van der Waals surface area contributed by atoms with Gasteiger partial charge in [-0.1, -0.05) is 12.8 Å². The normalized spacial score (nSPS) is 19.0. The number of furan rings is 1. The number of aromatic nitrogens is 2. The van der Waals surface area contributed by atoms with Gasteiger partial charge >= 0.3 is 6.18 Å². The third-order valence-corrected chi connectivity index (χ3v) is 4.50. The largest absolute Gasteiger partial charge is 0.467 e. The van der Waals surface area contributed by atoms with E-state index in [2.05, 4.69) is 5.10 Å². The van der Waals surface area contributed by atoms with Crippen LogP contribution in [0.4, 0.5) is 13.2 Å². The molecule has 1 saturated heterocycles. The third kappa shape index (κ3) is 3.88. The summed E-state index contributed by atoms with van der Waals surface area (Å²) in [4.78, 5) is 14.5. The van der Waals surface area contributed by atoms with Crippen molar-refractivity contribution in [3.05, 3.63) is 41.6 Å². The van der Waals surface area contributed by atoms with Crippen molar-refractivity contribution in [2.45, 2.75) is 51.4 Å². The predicted octanol–water partition coefficient (Wildman–Crippen LogP) is 3.95. The number of carbonyl (C=O) groups excluding carboxylic acids is 1. The van der Waals surface area contributed by atoms with E-state index in [1.807, 2.05) is 6.07 Å². The first kappa shape index (κ1) is 17.6. The van der Waals surface area contributed by atoms with Crippen LogP contribution in [0.2, 0.25) is 0 Å². The molecule has 25 heavy (non-hydrogen) atoms. The molecule has 0 aromatic carbocycles. The van der Waals surface area contributed by atoms with Gasteiger partial charge in [0.05, 0.1) is 12.3 Å². The molecular formula is C17H20F3N3O2. The van der Waals surface area contributed by atoms with Gasteiger partial charge in [0.2, 0.25) is 5.91 Å². The van der Waals surface area contributed by atoms with Gasteiger partial charge in [0.25, 0.3) is 0 Å². The van der Waals surface area contributed by atoms with Gasteiger partial charge in [0.1, 0.15) is 12.3 Å². The molecule has 0 saturated carbocycles. The molecule has 3 rings (SSSR count). The van der Waals surface area contributed by atoms with Gasteiger partial charge < -0.3 is 9.32 Å². The lowest BCUT2D eigenvalue weighted by atomic mass is 10.1. The van der Waals surface area contributed by atoms with E-state index in [4.69, 9.17) is 4.42 Å². The molecule has 1 fully saturated rings. The second-order valence-corrected chi connectivity index (χ2v) is 6.29. The lowest BCUT2D eigenvalue weighted by Crippen LogP contribution is -2.37. The molecule has 0 aliphatic carbocycles. The summed E-state index contributed by atoms with van der Waals surface area (Å²) in [5.74, 6) is 0.464. The third-order valence-electron chi connectivity index (χ3n) is 4.50. The van der Waals surface area contributed by atoms with Crippen LogP contribution in [-0.4, -0.2) is 27.1 Å². The Labute approximate surface area is 143 Å². The average molecular weight is 355 g/mol. The monoisotopic (exact) mass is 355 g/mol. The Morgan fingerprint density at radius 2 is 2.16 bits per heavy atom. The fourth-order valence-electron chi connectivity index (χ4n) is 3.21. The summed E-state index contributed by atoms with van der Waals surface area (Å²) in [5, 5.41) is 3.55. The van der Waals surface area contributed by atoms with Crippen molar-refractivity contribution < 1.29 is 22.4 Å². The first-order valence-electron chi connectivity index (χ1n) is 8.31. The van der Waals surface area contributed by atoms with Crippen LogP contribution in [0.5, 0.6) is 0 Å². The molecular weight excluding hydrogens is 335 g/mol. The lowest BCUT2D eigenvalue weighted by Gasteiger charge is -2.28. The second kappa shape index (κ2) is 6.93. The molecule has 2 aromatic heterocycles. The minimum Gasteiger partial charge on any atom is -0.467 e. The molecule has 1 amide bonds. The smallest absolute Gasteiger partial charge is 0.435 e. The summed E-state index contributed by atoms with van der Waals surface area (Å²) in [5.41, 5.74) is -0.665. The van der Waals surface area contributed by atoms with Crippen molar-refractivity contribution in [2.24, 2.45) is 0 Å². The van der Waals surface area contributed by atoms with Crippen molar-refractivity contribution in [2.75, 3.05) is 6.54 Å². The minimum atomic E-state index is -4.52. The van der Waals surface area contributed by atoms with Gasteiger partial charge in [-0.05, 0) is 38.0 Å². The van der Waals surface area contributed by atoms with E-state index in [1.165, 1.54) is 6.92 Å². The molecule has 1 atom stereocenters. The first-order chi connectivity index (χ1) is 11.9. The highest BCUT2D eigenvalue weighted by Gasteiger charge is 2.35. The highest BCUT2D eigenvalue weighted by atomic mass is 19.4. The van der Waals surface area contributed by atoms with Gasteiger partial charge in [-0.2, -0.15) is 18.3 Å². The van der Waals surface area contributed by atoms with E-state index >= 15 is 0 Å². The summed E-state index contributed by atoms with van der Waals surface area (Å²) in [6.07, 6.45) is 0.697. The van der Waals surface area contributed by atoms with Crippen LogP contribution in [0.3, 0.4) is 0 Å². The number of likely N-dealkylation sites (tertiary alicyclic amines) is 1. The maximum atomic E-state index is 12.8. The first-order valence-corrected chi connectivity index (χ1v) is 8.31. The van der Waals surface area contributed by atoms with Crippen LogP contribution in [-0.2, 0) is 17.5 Å². The van der Waals surface area contributed by atoms with Crippen LogP contribution in [0.25, 0.3) is 0 Å². The number of aryl methyl sites for hydroxylation is 1. The van der Waals surface area contributed by atoms with Crippen molar-refractivity contribution >= 4 is 5.91 Å². The number of carbonyl (C=O) groups is 1. The quantitative estimate of drug-likeness (QED) is 0.838. The average Bonchev–Trinajstić information content (AvgIpc) is 3.12. The van der Waals surface area contributed by atoms with Crippen LogP contribution in [0, 0.1) is 6.92 Å². The molecule has 8 heteroatoms. The predicted molar refractivity (Wildman–Crippen MR) is 83.6 cm³/mol. The molecule has 0 spiro atoms. The molecule has 0 radical (unpaired) electrons. The number of halogens is 3. The molecule has 1 aliphatic heterocycles. The van der Waals surface area contributed by atoms with Gasteiger partial charge in [0, 0.05) is 12.2 Å². The van der Waals surface area contributed by atoms with Crippen molar-refractivity contribution in [3.8, 4) is 0 Å². The van der Waals surface area contributed by atoms with E-state index < -0.39 is 11.9 Å². The number of hydrogen-bond acceptors (Lipinski definition) is 3. The van der Waals surface area contributed by atoms with Crippen LogP contribution in [0.15, 0.2) is 28.9 Å². The molecule has 1 unspecified atom stereocenters. The molecule has 0 bridgehead atoms. The Morgan fingerprint density at radius 1 is 1.36 bits per heavy atom. The Morgan fingerprint density at radius 3 is 2.80 bits per heavy atom. The lowest BCUT2D eigenvalue weighted by molar-refractivity contribution is -0.142. The van der Waals surface area contributed by atoms with E-state index in [1.54, 1.807) is 17.2 Å². The molecule has 1 aliphatic rings. The number of rotatable bonds is 3. The SMILES string of the molecule is Cc1cc(C(F)(F)F)nn1CC(=O)N1CCCCCC1c1ccco1. The fraction of sp³-hybridized carbons (Fsp3) is 0.529. The summed E-state index contributed by atoms with van der Waals surface area (Å²) in [6, 6.07) is 4.38. The maximum absolute atomic E-state index is 12.8. The molecule has 2 aromatic rings. The maximum Gasteiger partial charge on any atom is 0.435 e. The Hall–Kier alpha value is -2.25. The van der Waals surface area contributed by atoms with Crippen LogP contribution in [0.1, 0.15) is 48.9 Å². The van der Waals surface area contributed by atoms with E-state index in [0.29, 0.717) is 18.0 Å². The van der Waals surface area contributed by atoms with Crippen LogP contribution < -0.4 is 0 Å². The number of hydrogen-bond donors (Lipinski definition) is 0. The summed E-state index contributed by atoms with van der Waals surface area (Å²) < 4.78 is 45.0. The van der Waals surface area contributed by atoms with Crippen LogP contribution >= 0.6 is 0 Å². The molecule has 3 heterocycles. The topological polar surface area (TPSA) is 51.3 Å². The zero-order valence-electron chi connectivity index (χ0n) is 13.9. The van der Waals surface area contributed by atoms with E-state index in [0.717, 1.165) is 36.4 Å². The van der Waals surface area contributed by atoms with E-state index in [9.17, 15) is 18.0 Å². The fourth-order valence-corrected chi connectivity index (χ4v) is 3.21. The van der Waals surface area contributed by atoms with Crippen molar-refractivity contribution in [1.82, 2.24) is 14.7 Å². The highest BCUT2D eigenvalue weighted by molar-refractivity contribution is 5.76. The van der Waals surface area contributed by atoms with Gasteiger partial charge in [0.15, 0.2) is 5.69 Å². The van der Waals surface area contributed by atoms with Crippen molar-refractivity contribution in [1.29, 1.82) is 0 Å². The molecule has 136 valence electrons. The minimum absolute atomic E-state index is 0.178. The van der Waals surface area contributed by atoms with Gasteiger partial charge in [-0.3, -0.25) is 9.48 Å². The Kier molecular flexibility index (Phi) is 4.87. The second-order valence-electron chi connectivity index (χ2n) is 6.29. The Balaban J connectivity index is 1.80.